The summed E-state index contributed by atoms with van der Waals surface area (Å²) in [5.41, 5.74) is 9.18. The van der Waals surface area contributed by atoms with Gasteiger partial charge in [0.25, 0.3) is 0 Å². The zero-order chi connectivity index (χ0) is 21.7. The summed E-state index contributed by atoms with van der Waals surface area (Å²) >= 11 is 0. The predicted octanol–water partition coefficient (Wildman–Crippen LogP) is 2.77. The summed E-state index contributed by atoms with van der Waals surface area (Å²) in [5.74, 6) is -0.0339. The number of amides is 2. The molecule has 0 spiro atoms. The molecule has 3 rings (SSSR count). The van der Waals surface area contributed by atoms with E-state index in [2.05, 4.69) is 16.2 Å². The topological polar surface area (TPSA) is 73.5 Å². The summed E-state index contributed by atoms with van der Waals surface area (Å²) in [6.07, 6.45) is 0. The van der Waals surface area contributed by atoms with E-state index >= 15 is 0 Å². The summed E-state index contributed by atoms with van der Waals surface area (Å²) in [7, 11) is 1.85. The summed E-state index contributed by atoms with van der Waals surface area (Å²) in [6.45, 7) is 7.37. The van der Waals surface area contributed by atoms with Crippen LogP contribution in [-0.4, -0.2) is 30.3 Å². The van der Waals surface area contributed by atoms with E-state index in [-0.39, 0.29) is 23.8 Å². The van der Waals surface area contributed by atoms with Crippen molar-refractivity contribution in [1.82, 2.24) is 21.1 Å². The Morgan fingerprint density at radius 2 is 1.70 bits per heavy atom. The van der Waals surface area contributed by atoms with Crippen LogP contribution in [0.5, 0.6) is 0 Å². The number of rotatable bonds is 6. The molecule has 3 N–H and O–H groups in total. The van der Waals surface area contributed by atoms with Crippen molar-refractivity contribution >= 4 is 11.8 Å². The summed E-state index contributed by atoms with van der Waals surface area (Å²) in [5, 5.41) is 2.97. The fourth-order valence-corrected chi connectivity index (χ4v) is 3.55. The number of hydrogen-bond donors (Lipinski definition) is 3. The van der Waals surface area contributed by atoms with E-state index in [0.717, 1.165) is 16.7 Å². The van der Waals surface area contributed by atoms with Crippen molar-refractivity contribution in [3.63, 3.8) is 0 Å². The van der Waals surface area contributed by atoms with E-state index < -0.39 is 5.41 Å². The molecule has 2 unspecified atom stereocenters. The molecule has 0 saturated carbocycles. The van der Waals surface area contributed by atoms with E-state index in [1.807, 2.05) is 82.4 Å². The zero-order valence-electron chi connectivity index (χ0n) is 18.2. The predicted molar refractivity (Wildman–Crippen MR) is 118 cm³/mol. The third kappa shape index (κ3) is 5.46. The SMILES string of the molecule is CN(Cc1ccccc1)C(=O)C1CNNC1c1ccc(CNC(=O)C(C)(C)C)cc1. The van der Waals surface area contributed by atoms with Gasteiger partial charge in [-0.15, -0.1) is 0 Å². The van der Waals surface area contributed by atoms with Crippen LogP contribution in [0.15, 0.2) is 54.6 Å². The van der Waals surface area contributed by atoms with Crippen LogP contribution in [-0.2, 0) is 22.7 Å². The Labute approximate surface area is 179 Å². The van der Waals surface area contributed by atoms with Crippen LogP contribution >= 0.6 is 0 Å². The molecule has 2 amide bonds. The minimum atomic E-state index is -0.404. The van der Waals surface area contributed by atoms with Gasteiger partial charge in [-0.05, 0) is 16.7 Å². The number of carbonyl (C=O) groups excluding carboxylic acids is 2. The molecule has 6 heteroatoms. The molecule has 0 aliphatic carbocycles. The normalized spacial score (nSPS) is 18.8. The van der Waals surface area contributed by atoms with Gasteiger partial charge in [-0.2, -0.15) is 0 Å². The third-order valence-electron chi connectivity index (χ3n) is 5.41. The van der Waals surface area contributed by atoms with Gasteiger partial charge in [0.05, 0.1) is 12.0 Å². The molecule has 2 aromatic carbocycles. The summed E-state index contributed by atoms with van der Waals surface area (Å²) < 4.78 is 0. The van der Waals surface area contributed by atoms with Crippen molar-refractivity contribution in [2.75, 3.05) is 13.6 Å². The molecule has 1 heterocycles. The smallest absolute Gasteiger partial charge is 0.229 e. The Hall–Kier alpha value is -2.70. The maximum absolute atomic E-state index is 13.1. The highest BCUT2D eigenvalue weighted by atomic mass is 16.2. The second kappa shape index (κ2) is 9.41. The average molecular weight is 409 g/mol. The quantitative estimate of drug-likeness (QED) is 0.687. The van der Waals surface area contributed by atoms with E-state index in [0.29, 0.717) is 19.6 Å². The first-order valence-electron chi connectivity index (χ1n) is 10.4. The molecule has 160 valence electrons. The number of benzene rings is 2. The van der Waals surface area contributed by atoms with Crippen LogP contribution in [0.25, 0.3) is 0 Å². The Bertz CT molecular complexity index is 859. The van der Waals surface area contributed by atoms with Crippen LogP contribution in [0.4, 0.5) is 0 Å². The highest BCUT2D eigenvalue weighted by Gasteiger charge is 2.35. The first-order valence-corrected chi connectivity index (χ1v) is 10.4. The Kier molecular flexibility index (Phi) is 6.90. The van der Waals surface area contributed by atoms with Crippen molar-refractivity contribution in [2.24, 2.45) is 11.3 Å². The molecule has 1 aliphatic heterocycles. The van der Waals surface area contributed by atoms with Crippen molar-refractivity contribution in [3.8, 4) is 0 Å². The molecule has 2 atom stereocenters. The first-order chi connectivity index (χ1) is 14.3. The van der Waals surface area contributed by atoms with Crippen LogP contribution in [0.3, 0.4) is 0 Å². The number of carbonyl (C=O) groups is 2. The number of hydrazine groups is 1. The molecule has 1 aliphatic rings. The lowest BCUT2D eigenvalue weighted by molar-refractivity contribution is -0.134. The van der Waals surface area contributed by atoms with Crippen LogP contribution in [0.2, 0.25) is 0 Å². The maximum Gasteiger partial charge on any atom is 0.229 e. The van der Waals surface area contributed by atoms with Gasteiger partial charge in [-0.1, -0.05) is 75.4 Å². The molecule has 0 radical (unpaired) electrons. The number of nitrogens with one attached hydrogen (secondary N) is 3. The molecule has 1 saturated heterocycles. The van der Waals surface area contributed by atoms with Gasteiger partial charge in [0.2, 0.25) is 11.8 Å². The van der Waals surface area contributed by atoms with Gasteiger partial charge < -0.3 is 10.2 Å². The molecular weight excluding hydrogens is 376 g/mol. The Balaban J connectivity index is 1.62. The Morgan fingerprint density at radius 3 is 2.33 bits per heavy atom. The van der Waals surface area contributed by atoms with E-state index in [1.54, 1.807) is 4.90 Å². The first kappa shape index (κ1) is 22.0. The second-order valence-electron chi connectivity index (χ2n) is 8.96. The third-order valence-corrected chi connectivity index (χ3v) is 5.41. The van der Waals surface area contributed by atoms with Gasteiger partial charge in [0, 0.05) is 32.1 Å². The van der Waals surface area contributed by atoms with Gasteiger partial charge in [0.1, 0.15) is 0 Å². The molecule has 0 bridgehead atoms. The number of nitrogens with zero attached hydrogens (tertiary/aromatic N) is 1. The second-order valence-corrected chi connectivity index (χ2v) is 8.96. The molecule has 6 nitrogen and oxygen atoms in total. The number of hydrogen-bond acceptors (Lipinski definition) is 4. The lowest BCUT2D eigenvalue weighted by Gasteiger charge is -2.25. The van der Waals surface area contributed by atoms with Gasteiger partial charge in [-0.25, -0.2) is 5.43 Å². The van der Waals surface area contributed by atoms with Crippen LogP contribution in [0, 0.1) is 11.3 Å². The Morgan fingerprint density at radius 1 is 1.03 bits per heavy atom. The standard InChI is InChI=1S/C24H32N4O2/c1-24(2,3)23(30)25-14-17-10-12-19(13-11-17)21-20(15-26-27-21)22(29)28(4)16-18-8-6-5-7-9-18/h5-13,20-21,26-27H,14-16H2,1-4H3,(H,25,30). The summed E-state index contributed by atoms with van der Waals surface area (Å²) in [4.78, 5) is 26.9. The van der Waals surface area contributed by atoms with Crippen molar-refractivity contribution < 1.29 is 9.59 Å². The van der Waals surface area contributed by atoms with Crippen molar-refractivity contribution in [3.05, 3.63) is 71.3 Å². The van der Waals surface area contributed by atoms with E-state index in [1.165, 1.54) is 0 Å². The van der Waals surface area contributed by atoms with E-state index in [9.17, 15) is 9.59 Å². The minimum Gasteiger partial charge on any atom is -0.352 e. The van der Waals surface area contributed by atoms with Crippen molar-refractivity contribution in [2.45, 2.75) is 39.9 Å². The highest BCUT2D eigenvalue weighted by molar-refractivity contribution is 5.81. The monoisotopic (exact) mass is 408 g/mol. The van der Waals surface area contributed by atoms with Crippen LogP contribution in [0.1, 0.15) is 43.5 Å². The molecule has 30 heavy (non-hydrogen) atoms. The molecule has 1 fully saturated rings. The lowest BCUT2D eigenvalue weighted by Crippen LogP contribution is -2.36. The minimum absolute atomic E-state index is 0.0281. The fourth-order valence-electron chi connectivity index (χ4n) is 3.55. The largest absolute Gasteiger partial charge is 0.352 e. The molecular formula is C24H32N4O2. The maximum atomic E-state index is 13.1. The fraction of sp³-hybridized carbons (Fsp3) is 0.417. The van der Waals surface area contributed by atoms with Gasteiger partial charge in [0.15, 0.2) is 0 Å². The lowest BCUT2D eigenvalue weighted by atomic mass is 9.93. The zero-order valence-corrected chi connectivity index (χ0v) is 18.2. The average Bonchev–Trinajstić information content (AvgIpc) is 3.21. The van der Waals surface area contributed by atoms with Gasteiger partial charge in [-0.3, -0.25) is 15.0 Å². The molecule has 0 aromatic heterocycles. The molecule has 2 aromatic rings. The van der Waals surface area contributed by atoms with Crippen LogP contribution < -0.4 is 16.2 Å². The summed E-state index contributed by atoms with van der Waals surface area (Å²) in [6, 6.07) is 18.0. The highest BCUT2D eigenvalue weighted by Crippen LogP contribution is 2.27. The van der Waals surface area contributed by atoms with Gasteiger partial charge >= 0.3 is 0 Å². The van der Waals surface area contributed by atoms with E-state index in [4.69, 9.17) is 0 Å². The van der Waals surface area contributed by atoms with Crippen molar-refractivity contribution in [1.29, 1.82) is 0 Å².